The van der Waals surface area contributed by atoms with Gasteiger partial charge in [-0.2, -0.15) is 0 Å². The second kappa shape index (κ2) is 6.48. The van der Waals surface area contributed by atoms with Crippen LogP contribution in [-0.2, 0) is 23.8 Å². The van der Waals surface area contributed by atoms with Crippen LogP contribution in [0, 0.1) is 5.92 Å². The maximum Gasteiger partial charge on any atom is 0.320 e. The van der Waals surface area contributed by atoms with Crippen LogP contribution in [-0.4, -0.2) is 38.4 Å². The van der Waals surface area contributed by atoms with Crippen molar-refractivity contribution in [1.82, 2.24) is 0 Å². The van der Waals surface area contributed by atoms with Gasteiger partial charge in [-0.25, -0.2) is 0 Å². The Hall–Kier alpha value is -1.10. The zero-order chi connectivity index (χ0) is 12.8. The molecule has 16 heavy (non-hydrogen) atoms. The predicted octanol–water partition coefficient (Wildman–Crippen LogP) is 1.15. The Morgan fingerprint density at radius 3 is 1.81 bits per heavy atom. The number of carbonyl (C=O) groups excluding carboxylic acids is 2. The third-order valence-corrected chi connectivity index (χ3v) is 1.91. The van der Waals surface area contributed by atoms with E-state index in [1.54, 1.807) is 0 Å². The van der Waals surface area contributed by atoms with Gasteiger partial charge in [-0.05, 0) is 27.2 Å². The van der Waals surface area contributed by atoms with E-state index in [2.05, 4.69) is 9.47 Å². The standard InChI is InChI=1S/C11H20O5/c1-11(2,3)16-7-6-8(9(12)14-4)10(13)15-5/h8H,6-7H2,1-5H3. The fourth-order valence-electron chi connectivity index (χ4n) is 1.10. The smallest absolute Gasteiger partial charge is 0.320 e. The highest BCUT2D eigenvalue weighted by Crippen LogP contribution is 2.12. The number of hydrogen-bond acceptors (Lipinski definition) is 5. The molecule has 0 rings (SSSR count). The van der Waals surface area contributed by atoms with Gasteiger partial charge in [0, 0.05) is 6.61 Å². The Bertz CT molecular complexity index is 225. The lowest BCUT2D eigenvalue weighted by atomic mass is 10.1. The summed E-state index contributed by atoms with van der Waals surface area (Å²) in [4.78, 5) is 22.6. The van der Waals surface area contributed by atoms with Gasteiger partial charge in [0.15, 0.2) is 5.92 Å². The average Bonchev–Trinajstić information content (AvgIpc) is 2.21. The van der Waals surface area contributed by atoms with Crippen molar-refractivity contribution >= 4 is 11.9 Å². The van der Waals surface area contributed by atoms with E-state index in [9.17, 15) is 9.59 Å². The summed E-state index contributed by atoms with van der Waals surface area (Å²) in [7, 11) is 2.48. The van der Waals surface area contributed by atoms with E-state index in [0.29, 0.717) is 6.61 Å². The summed E-state index contributed by atoms with van der Waals surface area (Å²) in [5.74, 6) is -2.09. The molecule has 5 heteroatoms. The number of carbonyl (C=O) groups is 2. The summed E-state index contributed by atoms with van der Waals surface area (Å²) >= 11 is 0. The molecular formula is C11H20O5. The molecule has 5 nitrogen and oxygen atoms in total. The molecule has 0 heterocycles. The Kier molecular flexibility index (Phi) is 6.03. The lowest BCUT2D eigenvalue weighted by Crippen LogP contribution is -2.29. The monoisotopic (exact) mass is 232 g/mol. The molecule has 0 atom stereocenters. The van der Waals surface area contributed by atoms with Gasteiger partial charge in [-0.3, -0.25) is 9.59 Å². The lowest BCUT2D eigenvalue weighted by molar-refractivity contribution is -0.160. The van der Waals surface area contributed by atoms with Crippen LogP contribution in [0.3, 0.4) is 0 Å². The fraction of sp³-hybridized carbons (Fsp3) is 0.818. The van der Waals surface area contributed by atoms with Gasteiger partial charge in [0.25, 0.3) is 0 Å². The van der Waals surface area contributed by atoms with Crippen molar-refractivity contribution in [1.29, 1.82) is 0 Å². The summed E-state index contributed by atoms with van der Waals surface area (Å²) in [6.45, 7) is 6.01. The predicted molar refractivity (Wildman–Crippen MR) is 57.8 cm³/mol. The summed E-state index contributed by atoms with van der Waals surface area (Å²) in [5, 5.41) is 0. The molecule has 0 saturated heterocycles. The maximum atomic E-state index is 11.3. The number of esters is 2. The van der Waals surface area contributed by atoms with Crippen LogP contribution in [0.4, 0.5) is 0 Å². The van der Waals surface area contributed by atoms with Crippen molar-refractivity contribution in [2.75, 3.05) is 20.8 Å². The first-order chi connectivity index (χ1) is 7.31. The molecule has 0 bridgehead atoms. The molecule has 0 unspecified atom stereocenters. The zero-order valence-corrected chi connectivity index (χ0v) is 10.5. The fourth-order valence-corrected chi connectivity index (χ4v) is 1.10. The molecule has 94 valence electrons. The maximum absolute atomic E-state index is 11.3. The Labute approximate surface area is 96.1 Å². The van der Waals surface area contributed by atoms with Crippen molar-refractivity contribution in [3.63, 3.8) is 0 Å². The van der Waals surface area contributed by atoms with Crippen LogP contribution in [0.5, 0.6) is 0 Å². The molecular weight excluding hydrogens is 212 g/mol. The van der Waals surface area contributed by atoms with Gasteiger partial charge in [0.2, 0.25) is 0 Å². The number of methoxy groups -OCH3 is 2. The number of ether oxygens (including phenoxy) is 3. The van der Waals surface area contributed by atoms with E-state index in [0.717, 1.165) is 0 Å². The van der Waals surface area contributed by atoms with E-state index in [4.69, 9.17) is 4.74 Å². The second-order valence-corrected chi connectivity index (χ2v) is 4.35. The molecule has 0 N–H and O–H groups in total. The van der Waals surface area contributed by atoms with E-state index >= 15 is 0 Å². The van der Waals surface area contributed by atoms with Crippen molar-refractivity contribution in [2.45, 2.75) is 32.8 Å². The summed E-state index contributed by atoms with van der Waals surface area (Å²) in [5.41, 5.74) is -0.295. The van der Waals surface area contributed by atoms with Gasteiger partial charge < -0.3 is 14.2 Å². The number of rotatable bonds is 5. The van der Waals surface area contributed by atoms with E-state index in [1.165, 1.54) is 14.2 Å². The Morgan fingerprint density at radius 1 is 1.06 bits per heavy atom. The topological polar surface area (TPSA) is 61.8 Å². The second-order valence-electron chi connectivity index (χ2n) is 4.35. The molecule has 0 saturated carbocycles. The summed E-state index contributed by atoms with van der Waals surface area (Å²) in [6.07, 6.45) is 0.261. The van der Waals surface area contributed by atoms with Crippen LogP contribution >= 0.6 is 0 Å². The summed E-state index contributed by atoms with van der Waals surface area (Å²) in [6, 6.07) is 0. The molecule has 0 amide bonds. The lowest BCUT2D eigenvalue weighted by Gasteiger charge is -2.20. The minimum absolute atomic E-state index is 0.261. The normalized spacial score (nSPS) is 11.4. The first-order valence-electron chi connectivity index (χ1n) is 5.11. The van der Waals surface area contributed by atoms with Crippen LogP contribution in [0.2, 0.25) is 0 Å². The molecule has 0 aliphatic carbocycles. The van der Waals surface area contributed by atoms with Gasteiger partial charge >= 0.3 is 11.9 Å². The third-order valence-electron chi connectivity index (χ3n) is 1.91. The van der Waals surface area contributed by atoms with Gasteiger partial charge in [-0.1, -0.05) is 0 Å². The van der Waals surface area contributed by atoms with Crippen LogP contribution in [0.25, 0.3) is 0 Å². The van der Waals surface area contributed by atoms with Crippen molar-refractivity contribution in [2.24, 2.45) is 5.92 Å². The molecule has 0 radical (unpaired) electrons. The minimum atomic E-state index is -0.905. The first-order valence-corrected chi connectivity index (χ1v) is 5.11. The van der Waals surface area contributed by atoms with Crippen LogP contribution in [0.15, 0.2) is 0 Å². The highest BCUT2D eigenvalue weighted by molar-refractivity contribution is 5.94. The Balaban J connectivity index is 4.24. The zero-order valence-electron chi connectivity index (χ0n) is 10.5. The average molecular weight is 232 g/mol. The van der Waals surface area contributed by atoms with E-state index in [1.807, 2.05) is 20.8 Å². The van der Waals surface area contributed by atoms with Crippen molar-refractivity contribution in [3.8, 4) is 0 Å². The molecule has 0 spiro atoms. The van der Waals surface area contributed by atoms with Crippen LogP contribution < -0.4 is 0 Å². The quantitative estimate of drug-likeness (QED) is 0.525. The summed E-state index contributed by atoms with van der Waals surface area (Å²) < 4.78 is 14.5. The molecule has 0 aromatic carbocycles. The SMILES string of the molecule is COC(=O)C(CCOC(C)(C)C)C(=O)OC. The highest BCUT2D eigenvalue weighted by Gasteiger charge is 2.28. The first kappa shape index (κ1) is 14.9. The molecule has 0 aliphatic rings. The third kappa shape index (κ3) is 5.70. The molecule has 0 aromatic rings. The van der Waals surface area contributed by atoms with Crippen LogP contribution in [0.1, 0.15) is 27.2 Å². The van der Waals surface area contributed by atoms with E-state index in [-0.39, 0.29) is 12.0 Å². The van der Waals surface area contributed by atoms with Gasteiger partial charge in [0.05, 0.1) is 19.8 Å². The van der Waals surface area contributed by atoms with E-state index < -0.39 is 17.9 Å². The highest BCUT2D eigenvalue weighted by atomic mass is 16.5. The minimum Gasteiger partial charge on any atom is -0.468 e. The van der Waals surface area contributed by atoms with Crippen molar-refractivity contribution in [3.05, 3.63) is 0 Å². The van der Waals surface area contributed by atoms with Gasteiger partial charge in [0.1, 0.15) is 0 Å². The largest absolute Gasteiger partial charge is 0.468 e. The van der Waals surface area contributed by atoms with Gasteiger partial charge in [-0.15, -0.1) is 0 Å². The number of hydrogen-bond donors (Lipinski definition) is 0. The van der Waals surface area contributed by atoms with Crippen molar-refractivity contribution < 1.29 is 23.8 Å². The molecule has 0 aliphatic heterocycles. The molecule has 0 fully saturated rings. The Morgan fingerprint density at radius 2 is 1.50 bits per heavy atom. The molecule has 0 aromatic heterocycles.